The third-order valence-corrected chi connectivity index (χ3v) is 2.79. The molecule has 1 rings (SSSR count). The molecule has 1 atom stereocenters. The number of carboxylic acid groups (broad SMARTS) is 1. The molecule has 0 aromatic heterocycles. The van der Waals surface area contributed by atoms with Crippen molar-refractivity contribution in [2.75, 3.05) is 0 Å². The summed E-state index contributed by atoms with van der Waals surface area (Å²) >= 11 is 0. The van der Waals surface area contributed by atoms with Gasteiger partial charge in [-0.2, -0.15) is 0 Å². The van der Waals surface area contributed by atoms with Crippen molar-refractivity contribution >= 4 is 5.97 Å². The molecule has 11 heavy (non-hydrogen) atoms. The Morgan fingerprint density at radius 1 is 1.55 bits per heavy atom. The molecular formula is C8H15NO2. The molecule has 1 aliphatic carbocycles. The van der Waals surface area contributed by atoms with Gasteiger partial charge in [-0.3, -0.25) is 4.79 Å². The summed E-state index contributed by atoms with van der Waals surface area (Å²) in [5, 5.41) is 8.95. The van der Waals surface area contributed by atoms with Gasteiger partial charge in [0.05, 0.1) is 5.41 Å². The van der Waals surface area contributed by atoms with Crippen LogP contribution in [-0.2, 0) is 4.79 Å². The van der Waals surface area contributed by atoms with E-state index in [1.54, 1.807) is 6.92 Å². The Morgan fingerprint density at radius 2 is 2.00 bits per heavy atom. The Bertz CT molecular complexity index is 159. The zero-order chi connectivity index (χ0) is 8.48. The molecule has 3 heteroatoms. The maximum Gasteiger partial charge on any atom is 0.311 e. The highest BCUT2D eigenvalue weighted by molar-refractivity contribution is 5.75. The van der Waals surface area contributed by atoms with Gasteiger partial charge in [-0.05, 0) is 19.8 Å². The first-order valence-electron chi connectivity index (χ1n) is 4.08. The number of aliphatic carboxylic acids is 1. The minimum atomic E-state index is -0.718. The SMILES string of the molecule is CC(N)C1(C(=O)O)CCCC1. The van der Waals surface area contributed by atoms with Crippen LogP contribution in [0.4, 0.5) is 0 Å². The first kappa shape index (κ1) is 8.53. The van der Waals surface area contributed by atoms with Gasteiger partial charge in [0.2, 0.25) is 0 Å². The Balaban J connectivity index is 2.79. The fourth-order valence-corrected chi connectivity index (χ4v) is 1.87. The van der Waals surface area contributed by atoms with Crippen molar-refractivity contribution in [2.24, 2.45) is 11.1 Å². The van der Waals surface area contributed by atoms with Crippen molar-refractivity contribution in [2.45, 2.75) is 38.6 Å². The number of carbonyl (C=O) groups is 1. The van der Waals surface area contributed by atoms with E-state index >= 15 is 0 Å². The Kier molecular flexibility index (Phi) is 2.18. The third kappa shape index (κ3) is 1.25. The monoisotopic (exact) mass is 157 g/mol. The number of hydrogen-bond donors (Lipinski definition) is 2. The van der Waals surface area contributed by atoms with Crippen LogP contribution in [0.3, 0.4) is 0 Å². The maximum atomic E-state index is 10.9. The number of rotatable bonds is 2. The van der Waals surface area contributed by atoms with Crippen molar-refractivity contribution in [1.29, 1.82) is 0 Å². The van der Waals surface area contributed by atoms with Crippen LogP contribution in [-0.4, -0.2) is 17.1 Å². The van der Waals surface area contributed by atoms with Gasteiger partial charge < -0.3 is 10.8 Å². The molecule has 0 radical (unpaired) electrons. The van der Waals surface area contributed by atoms with Gasteiger partial charge in [-0.1, -0.05) is 12.8 Å². The molecular weight excluding hydrogens is 142 g/mol. The molecule has 64 valence electrons. The van der Waals surface area contributed by atoms with Gasteiger partial charge in [-0.15, -0.1) is 0 Å². The second-order valence-electron chi connectivity index (χ2n) is 3.46. The molecule has 1 saturated carbocycles. The molecule has 0 aromatic carbocycles. The summed E-state index contributed by atoms with van der Waals surface area (Å²) in [5.41, 5.74) is 5.04. The summed E-state index contributed by atoms with van der Waals surface area (Å²) in [5.74, 6) is -0.718. The van der Waals surface area contributed by atoms with Crippen molar-refractivity contribution in [3.63, 3.8) is 0 Å². The highest BCUT2D eigenvalue weighted by Gasteiger charge is 2.44. The lowest BCUT2D eigenvalue weighted by Gasteiger charge is -2.27. The lowest BCUT2D eigenvalue weighted by Crippen LogP contribution is -2.43. The molecule has 0 aliphatic heterocycles. The molecule has 1 unspecified atom stereocenters. The summed E-state index contributed by atoms with van der Waals surface area (Å²) in [6.07, 6.45) is 3.52. The van der Waals surface area contributed by atoms with Crippen LogP contribution in [0.2, 0.25) is 0 Å². The first-order chi connectivity index (χ1) is 5.09. The maximum absolute atomic E-state index is 10.9. The lowest BCUT2D eigenvalue weighted by molar-refractivity contribution is -0.149. The summed E-state index contributed by atoms with van der Waals surface area (Å²) in [4.78, 5) is 10.9. The van der Waals surface area contributed by atoms with Crippen LogP contribution in [0.1, 0.15) is 32.6 Å². The summed E-state index contributed by atoms with van der Waals surface area (Å²) in [6.45, 7) is 1.79. The summed E-state index contributed by atoms with van der Waals surface area (Å²) in [7, 11) is 0. The second-order valence-corrected chi connectivity index (χ2v) is 3.46. The van der Waals surface area contributed by atoms with Gasteiger partial charge in [0.1, 0.15) is 0 Å². The van der Waals surface area contributed by atoms with Gasteiger partial charge in [0.15, 0.2) is 0 Å². The van der Waals surface area contributed by atoms with E-state index in [1.807, 2.05) is 0 Å². The van der Waals surface area contributed by atoms with Crippen LogP contribution in [0, 0.1) is 5.41 Å². The zero-order valence-electron chi connectivity index (χ0n) is 6.84. The molecule has 0 amide bonds. The fourth-order valence-electron chi connectivity index (χ4n) is 1.87. The van der Waals surface area contributed by atoms with E-state index in [1.165, 1.54) is 0 Å². The predicted octanol–water partition coefficient (Wildman–Crippen LogP) is 0.979. The van der Waals surface area contributed by atoms with Crippen molar-refractivity contribution in [3.8, 4) is 0 Å². The average Bonchev–Trinajstić information content (AvgIpc) is 2.34. The first-order valence-corrected chi connectivity index (χ1v) is 4.08. The number of nitrogens with two attached hydrogens (primary N) is 1. The van der Waals surface area contributed by atoms with Crippen LogP contribution in [0.5, 0.6) is 0 Å². The van der Waals surface area contributed by atoms with E-state index in [2.05, 4.69) is 0 Å². The zero-order valence-corrected chi connectivity index (χ0v) is 6.84. The quantitative estimate of drug-likeness (QED) is 0.628. The fraction of sp³-hybridized carbons (Fsp3) is 0.875. The molecule has 3 N–H and O–H groups in total. The normalized spacial score (nSPS) is 24.9. The summed E-state index contributed by atoms with van der Waals surface area (Å²) < 4.78 is 0. The molecule has 3 nitrogen and oxygen atoms in total. The topological polar surface area (TPSA) is 63.3 Å². The molecule has 1 aliphatic rings. The van der Waals surface area contributed by atoms with E-state index in [4.69, 9.17) is 10.8 Å². The van der Waals surface area contributed by atoms with Crippen LogP contribution in [0.25, 0.3) is 0 Å². The molecule has 1 fully saturated rings. The number of hydrogen-bond acceptors (Lipinski definition) is 2. The third-order valence-electron chi connectivity index (χ3n) is 2.79. The predicted molar refractivity (Wildman–Crippen MR) is 42.2 cm³/mol. The lowest BCUT2D eigenvalue weighted by atomic mass is 9.80. The van der Waals surface area contributed by atoms with E-state index < -0.39 is 11.4 Å². The average molecular weight is 157 g/mol. The molecule has 0 saturated heterocycles. The second kappa shape index (κ2) is 2.81. The Morgan fingerprint density at radius 3 is 2.18 bits per heavy atom. The van der Waals surface area contributed by atoms with Crippen LogP contribution < -0.4 is 5.73 Å². The minimum Gasteiger partial charge on any atom is -0.481 e. The van der Waals surface area contributed by atoms with E-state index in [0.717, 1.165) is 25.7 Å². The van der Waals surface area contributed by atoms with Gasteiger partial charge in [-0.25, -0.2) is 0 Å². The Labute approximate surface area is 66.6 Å². The largest absolute Gasteiger partial charge is 0.481 e. The van der Waals surface area contributed by atoms with Crippen LogP contribution in [0.15, 0.2) is 0 Å². The molecule has 0 aromatic rings. The summed E-state index contributed by atoms with van der Waals surface area (Å²) in [6, 6.07) is -0.220. The van der Waals surface area contributed by atoms with Crippen LogP contribution >= 0.6 is 0 Å². The molecule has 0 heterocycles. The van der Waals surface area contributed by atoms with E-state index in [9.17, 15) is 4.79 Å². The minimum absolute atomic E-state index is 0.220. The van der Waals surface area contributed by atoms with Gasteiger partial charge in [0, 0.05) is 6.04 Å². The van der Waals surface area contributed by atoms with E-state index in [-0.39, 0.29) is 6.04 Å². The van der Waals surface area contributed by atoms with Crippen molar-refractivity contribution in [1.82, 2.24) is 0 Å². The highest BCUT2D eigenvalue weighted by Crippen LogP contribution is 2.40. The van der Waals surface area contributed by atoms with Gasteiger partial charge in [0.25, 0.3) is 0 Å². The van der Waals surface area contributed by atoms with Gasteiger partial charge >= 0.3 is 5.97 Å². The molecule has 0 bridgehead atoms. The van der Waals surface area contributed by atoms with Crippen molar-refractivity contribution in [3.05, 3.63) is 0 Å². The van der Waals surface area contributed by atoms with E-state index in [0.29, 0.717) is 0 Å². The highest BCUT2D eigenvalue weighted by atomic mass is 16.4. The standard InChI is InChI=1S/C8H15NO2/c1-6(9)8(7(10)11)4-2-3-5-8/h6H,2-5,9H2,1H3,(H,10,11). The number of carboxylic acids is 1. The van der Waals surface area contributed by atoms with Crippen molar-refractivity contribution < 1.29 is 9.90 Å². The smallest absolute Gasteiger partial charge is 0.311 e. The Hall–Kier alpha value is -0.570. The molecule has 0 spiro atoms.